The lowest BCUT2D eigenvalue weighted by atomic mass is 10.4. The molecule has 0 rings (SSSR count). The van der Waals surface area contributed by atoms with Crippen LogP contribution in [0.15, 0.2) is 12.2 Å². The Morgan fingerprint density at radius 3 is 1.07 bits per heavy atom. The molecule has 14 heavy (non-hydrogen) atoms. The number of carbonyl (C=O) groups excluding carboxylic acids is 1. The van der Waals surface area contributed by atoms with Crippen LogP contribution >= 0.6 is 0 Å². The predicted molar refractivity (Wildman–Crippen MR) is 73.0 cm³/mol. The Morgan fingerprint density at radius 2 is 1.07 bits per heavy atom. The summed E-state index contributed by atoms with van der Waals surface area (Å²) in [7, 11) is 0. The summed E-state index contributed by atoms with van der Waals surface area (Å²) in [6.07, 6.45) is 7.39. The summed E-state index contributed by atoms with van der Waals surface area (Å²) in [6, 6.07) is 0. The van der Waals surface area contributed by atoms with Crippen molar-refractivity contribution in [1.82, 2.24) is 0 Å². The molecule has 0 radical (unpaired) electrons. The van der Waals surface area contributed by atoms with Crippen LogP contribution in [0.5, 0.6) is 0 Å². The lowest BCUT2D eigenvalue weighted by molar-refractivity contribution is -0.106. The summed E-state index contributed by atoms with van der Waals surface area (Å²) in [5.41, 5.74) is 0. The van der Waals surface area contributed by atoms with Crippen molar-refractivity contribution < 1.29 is 6.22 Å². The van der Waals surface area contributed by atoms with Gasteiger partial charge in [-0.05, 0) is 20.8 Å². The highest BCUT2D eigenvalue weighted by atomic mass is 16.1. The van der Waals surface area contributed by atoms with E-state index in [0.717, 1.165) is 6.29 Å². The first kappa shape index (κ1) is 29.2. The predicted octanol–water partition coefficient (Wildman–Crippen LogP) is 5.50. The van der Waals surface area contributed by atoms with E-state index >= 15 is 0 Å². The van der Waals surface area contributed by atoms with E-state index in [9.17, 15) is 0 Å². The van der Waals surface area contributed by atoms with Gasteiger partial charge >= 0.3 is 0 Å². The normalized spacial score (nSPS) is 6.21. The summed E-state index contributed by atoms with van der Waals surface area (Å²) < 4.78 is 0. The molecule has 0 amide bonds. The Labute approximate surface area is 94.1 Å². The van der Waals surface area contributed by atoms with Crippen molar-refractivity contribution in [2.45, 2.75) is 68.7 Å². The number of hydrogen-bond acceptors (Lipinski definition) is 1. The number of aldehydes is 1. The van der Waals surface area contributed by atoms with Crippen molar-refractivity contribution in [3.05, 3.63) is 12.2 Å². The second-order valence-electron chi connectivity index (χ2n) is 1.90. The monoisotopic (exact) mass is 206 g/mol. The smallest absolute Gasteiger partial charge is 0.116 e. The third kappa shape index (κ3) is 622. The second-order valence-corrected chi connectivity index (χ2v) is 1.90. The maximum Gasteiger partial charge on any atom is 0.116 e. The molecule has 0 aliphatic carbocycles. The van der Waals surface area contributed by atoms with Crippen molar-refractivity contribution in [1.29, 1.82) is 0 Å². The topological polar surface area (TPSA) is 17.1 Å². The molecule has 0 bridgehead atoms. The summed E-state index contributed by atoms with van der Waals surface area (Å²) >= 11 is 0. The van der Waals surface area contributed by atoms with Crippen LogP contribution in [0.25, 0.3) is 0 Å². The maximum absolute atomic E-state index is 8.81. The minimum absolute atomic E-state index is 0. The van der Waals surface area contributed by atoms with Gasteiger partial charge in [-0.2, -0.15) is 0 Å². The highest BCUT2D eigenvalue weighted by molar-refractivity contribution is 5.44. The van der Waals surface area contributed by atoms with E-state index in [2.05, 4.69) is 13.8 Å². The third-order valence-corrected chi connectivity index (χ3v) is 0.833. The number of carbonyl (C=O) groups is 1. The van der Waals surface area contributed by atoms with Gasteiger partial charge in [0.2, 0.25) is 0 Å². The fraction of sp³-hybridized carbons (Fsp3) is 0.769. The van der Waals surface area contributed by atoms with E-state index in [4.69, 9.17) is 4.79 Å². The van der Waals surface area contributed by atoms with Gasteiger partial charge < -0.3 is 4.79 Å². The number of rotatable bonds is 1. The Morgan fingerprint density at radius 1 is 0.929 bits per heavy atom. The first-order valence-corrected chi connectivity index (χ1v) is 5.22. The maximum atomic E-state index is 8.81. The van der Waals surface area contributed by atoms with Crippen LogP contribution in [-0.2, 0) is 4.79 Å². The van der Waals surface area contributed by atoms with Crippen LogP contribution in [0.3, 0.4) is 0 Å². The van der Waals surface area contributed by atoms with Crippen molar-refractivity contribution in [2.24, 2.45) is 0 Å². The minimum Gasteiger partial charge on any atom is -0.304 e. The van der Waals surface area contributed by atoms with E-state index in [-0.39, 0.29) is 8.85 Å². The van der Waals surface area contributed by atoms with E-state index in [0.29, 0.717) is 0 Å². The standard InChI is InChI=1S/C4H10.C4H8.C2H4O.C2H6.CH4.H2/c2*1-3-4-2;1-2-3;1-2;;/h3-4H2,1-2H3;3-4H,1-2H3;2H,1H3;1-2H3;1H4;1H/b;4-3+;;;;. The molecule has 0 heterocycles. The summed E-state index contributed by atoms with van der Waals surface area (Å²) in [5, 5.41) is 0. The van der Waals surface area contributed by atoms with Gasteiger partial charge in [-0.15, -0.1) is 0 Å². The van der Waals surface area contributed by atoms with Crippen LogP contribution in [0.1, 0.15) is 70.2 Å². The van der Waals surface area contributed by atoms with Gasteiger partial charge in [0, 0.05) is 1.43 Å². The van der Waals surface area contributed by atoms with Crippen LogP contribution in [0, 0.1) is 0 Å². The SMILES string of the molecule is C.C/C=C/C.CC.CC=O.CCCC.[HH]. The lowest BCUT2D eigenvalue weighted by Gasteiger charge is -1.68. The Bertz CT molecular complexity index is 64.9. The Hall–Kier alpha value is -0.590. The second kappa shape index (κ2) is 83.1. The van der Waals surface area contributed by atoms with Crippen molar-refractivity contribution in [3.8, 4) is 0 Å². The van der Waals surface area contributed by atoms with Gasteiger partial charge in [-0.1, -0.05) is 60.1 Å². The van der Waals surface area contributed by atoms with Gasteiger partial charge in [-0.25, -0.2) is 0 Å². The molecule has 0 aromatic carbocycles. The van der Waals surface area contributed by atoms with Gasteiger partial charge in [0.05, 0.1) is 0 Å². The summed E-state index contributed by atoms with van der Waals surface area (Å²) in [4.78, 5) is 8.81. The van der Waals surface area contributed by atoms with Crippen molar-refractivity contribution in [2.75, 3.05) is 0 Å². The first-order chi connectivity index (χ1) is 6.24. The fourth-order valence-corrected chi connectivity index (χ4v) is 0. The highest BCUT2D eigenvalue weighted by Crippen LogP contribution is 1.76. The molecule has 0 aliphatic rings. The van der Waals surface area contributed by atoms with E-state index < -0.39 is 0 Å². The van der Waals surface area contributed by atoms with E-state index in [1.54, 1.807) is 0 Å². The molecular formula is C13H34O. The van der Waals surface area contributed by atoms with Crippen LogP contribution in [0.4, 0.5) is 0 Å². The zero-order chi connectivity index (χ0) is 11.5. The molecule has 0 aromatic heterocycles. The molecule has 0 fully saturated rings. The molecule has 0 aromatic rings. The zero-order valence-electron chi connectivity index (χ0n) is 10.6. The molecule has 0 N–H and O–H groups in total. The molecule has 0 unspecified atom stereocenters. The van der Waals surface area contributed by atoms with Crippen LogP contribution in [-0.4, -0.2) is 6.29 Å². The van der Waals surface area contributed by atoms with Crippen LogP contribution in [0.2, 0.25) is 0 Å². The van der Waals surface area contributed by atoms with Crippen molar-refractivity contribution >= 4 is 6.29 Å². The molecule has 0 aliphatic heterocycles. The number of allylic oxidation sites excluding steroid dienone is 2. The van der Waals surface area contributed by atoms with Crippen molar-refractivity contribution in [3.63, 3.8) is 0 Å². The fourth-order valence-electron chi connectivity index (χ4n) is 0. The number of unbranched alkanes of at least 4 members (excludes halogenated alkanes) is 1. The summed E-state index contributed by atoms with van der Waals surface area (Å²) in [5.74, 6) is 0. The summed E-state index contributed by atoms with van der Waals surface area (Å²) in [6.45, 7) is 13.8. The molecule has 92 valence electrons. The van der Waals surface area contributed by atoms with E-state index in [1.165, 1.54) is 19.8 Å². The third-order valence-electron chi connectivity index (χ3n) is 0.833. The van der Waals surface area contributed by atoms with Gasteiger partial charge in [0.15, 0.2) is 0 Å². The van der Waals surface area contributed by atoms with Gasteiger partial charge in [-0.3, -0.25) is 0 Å². The molecule has 1 heteroatoms. The quantitative estimate of drug-likeness (QED) is 0.409. The Balaban J connectivity index is -0.0000000178. The average molecular weight is 206 g/mol. The molecular weight excluding hydrogens is 172 g/mol. The highest BCUT2D eigenvalue weighted by Gasteiger charge is 1.56. The minimum atomic E-state index is 0. The van der Waals surface area contributed by atoms with Crippen LogP contribution < -0.4 is 0 Å². The molecule has 0 saturated heterocycles. The molecule has 1 nitrogen and oxygen atoms in total. The lowest BCUT2D eigenvalue weighted by Crippen LogP contribution is -1.47. The molecule has 0 atom stereocenters. The first-order valence-electron chi connectivity index (χ1n) is 5.22. The van der Waals surface area contributed by atoms with Gasteiger partial charge in [0.25, 0.3) is 0 Å². The largest absolute Gasteiger partial charge is 0.304 e. The number of hydrogen-bond donors (Lipinski definition) is 0. The Kier molecular flexibility index (Phi) is 173. The average Bonchev–Trinajstić information content (AvgIpc) is 2.22. The van der Waals surface area contributed by atoms with E-state index in [1.807, 2.05) is 39.8 Å². The van der Waals surface area contributed by atoms with Gasteiger partial charge in [0.1, 0.15) is 6.29 Å². The molecule has 0 saturated carbocycles. The molecule has 0 spiro atoms. The zero-order valence-corrected chi connectivity index (χ0v) is 10.6.